The van der Waals surface area contributed by atoms with Crippen LogP contribution in [0.3, 0.4) is 0 Å². The van der Waals surface area contributed by atoms with Gasteiger partial charge in [0.05, 0.1) is 7.11 Å². The van der Waals surface area contributed by atoms with E-state index in [4.69, 9.17) is 10.5 Å². The molecule has 1 amide bonds. The number of hydrogen-bond donors (Lipinski definition) is 3. The molecule has 7 nitrogen and oxygen atoms in total. The highest BCUT2D eigenvalue weighted by Gasteiger charge is 2.38. The summed E-state index contributed by atoms with van der Waals surface area (Å²) in [5, 5.41) is 13.4. The first-order valence-corrected chi connectivity index (χ1v) is 9.75. The Kier molecular flexibility index (Phi) is 6.98. The highest BCUT2D eigenvalue weighted by Crippen LogP contribution is 2.34. The van der Waals surface area contributed by atoms with Gasteiger partial charge in [-0.2, -0.15) is 0 Å². The molecule has 0 saturated heterocycles. The Morgan fingerprint density at radius 2 is 1.90 bits per heavy atom. The molecule has 2 aromatic heterocycles. The number of amides is 1. The predicted octanol–water partition coefficient (Wildman–Crippen LogP) is 2.34. The van der Waals surface area contributed by atoms with E-state index in [1.54, 1.807) is 36.9 Å². The van der Waals surface area contributed by atoms with Gasteiger partial charge in [0.2, 0.25) is 5.91 Å². The number of nitrogens with one attached hydrogen (secondary N) is 1. The zero-order valence-corrected chi connectivity index (χ0v) is 16.9. The molecule has 0 radical (unpaired) electrons. The van der Waals surface area contributed by atoms with Crippen LogP contribution in [0.5, 0.6) is 11.5 Å². The van der Waals surface area contributed by atoms with Gasteiger partial charge in [0.25, 0.3) is 0 Å². The topological polar surface area (TPSA) is 110 Å². The van der Waals surface area contributed by atoms with Gasteiger partial charge >= 0.3 is 0 Å². The Bertz CT molecular complexity index is 967. The molecule has 0 fully saturated rings. The molecule has 0 aliphatic heterocycles. The van der Waals surface area contributed by atoms with Gasteiger partial charge < -0.3 is 15.6 Å². The van der Waals surface area contributed by atoms with E-state index in [9.17, 15) is 9.90 Å². The first-order chi connectivity index (χ1) is 14.5. The van der Waals surface area contributed by atoms with Crippen molar-refractivity contribution >= 4 is 5.91 Å². The fraction of sp³-hybridized carbons (Fsp3) is 0.261. The number of aromatic hydroxyl groups is 1. The number of carbonyl (C=O) groups is 1. The number of phenols is 1. The molecular formula is C23H26N4O3. The smallest absolute Gasteiger partial charge is 0.242 e. The monoisotopic (exact) mass is 406 g/mol. The highest BCUT2D eigenvalue weighted by atomic mass is 16.5. The average molecular weight is 406 g/mol. The molecule has 2 heterocycles. The van der Waals surface area contributed by atoms with Gasteiger partial charge in [0, 0.05) is 31.3 Å². The summed E-state index contributed by atoms with van der Waals surface area (Å²) >= 11 is 0. The van der Waals surface area contributed by atoms with Crippen LogP contribution in [0, 0.1) is 0 Å². The van der Waals surface area contributed by atoms with Crippen molar-refractivity contribution < 1.29 is 14.6 Å². The van der Waals surface area contributed by atoms with E-state index < -0.39 is 11.4 Å². The fourth-order valence-corrected chi connectivity index (χ4v) is 3.48. The van der Waals surface area contributed by atoms with Crippen molar-refractivity contribution in [3.05, 3.63) is 83.9 Å². The van der Waals surface area contributed by atoms with Crippen LogP contribution < -0.4 is 15.8 Å². The third kappa shape index (κ3) is 4.93. The maximum absolute atomic E-state index is 12.8. The normalized spacial score (nSPS) is 12.8. The van der Waals surface area contributed by atoms with Crippen LogP contribution in [0.4, 0.5) is 0 Å². The van der Waals surface area contributed by atoms with Gasteiger partial charge in [0.15, 0.2) is 11.5 Å². The summed E-state index contributed by atoms with van der Waals surface area (Å²) in [4.78, 5) is 21.0. The summed E-state index contributed by atoms with van der Waals surface area (Å²) in [6.07, 6.45) is 8.71. The van der Waals surface area contributed by atoms with Crippen LogP contribution in [0.25, 0.3) is 0 Å². The minimum Gasteiger partial charge on any atom is -0.504 e. The number of pyridine rings is 2. The van der Waals surface area contributed by atoms with Gasteiger partial charge in [-0.05, 0) is 66.3 Å². The van der Waals surface area contributed by atoms with E-state index in [0.29, 0.717) is 31.4 Å². The van der Waals surface area contributed by atoms with Crippen LogP contribution in [0.15, 0.2) is 67.3 Å². The Morgan fingerprint density at radius 3 is 2.57 bits per heavy atom. The molecule has 7 heteroatoms. The van der Waals surface area contributed by atoms with E-state index in [-0.39, 0.29) is 11.5 Å². The lowest BCUT2D eigenvalue weighted by molar-refractivity contribution is -0.125. The van der Waals surface area contributed by atoms with Crippen molar-refractivity contribution in [2.75, 3.05) is 13.7 Å². The van der Waals surface area contributed by atoms with E-state index >= 15 is 0 Å². The summed E-state index contributed by atoms with van der Waals surface area (Å²) in [6.45, 7) is 0.531. The maximum Gasteiger partial charge on any atom is 0.242 e. The first kappa shape index (κ1) is 21.3. The molecular weight excluding hydrogens is 380 g/mol. The molecule has 0 spiro atoms. The summed E-state index contributed by atoms with van der Waals surface area (Å²) in [7, 11) is 1.47. The largest absolute Gasteiger partial charge is 0.504 e. The molecule has 1 unspecified atom stereocenters. The first-order valence-electron chi connectivity index (χ1n) is 9.75. The lowest BCUT2D eigenvalue weighted by atomic mass is 9.83. The zero-order chi connectivity index (χ0) is 21.4. The Morgan fingerprint density at radius 1 is 1.10 bits per heavy atom. The molecule has 0 bridgehead atoms. The number of methoxy groups -OCH3 is 1. The van der Waals surface area contributed by atoms with Crippen molar-refractivity contribution in [2.24, 2.45) is 5.73 Å². The van der Waals surface area contributed by atoms with Crippen molar-refractivity contribution in [1.82, 2.24) is 15.3 Å². The second-order valence-electron chi connectivity index (χ2n) is 7.05. The molecule has 3 rings (SSSR count). The van der Waals surface area contributed by atoms with Crippen molar-refractivity contribution in [1.29, 1.82) is 0 Å². The molecule has 0 saturated carbocycles. The number of nitrogens with two attached hydrogens (primary N) is 1. The second kappa shape index (κ2) is 9.84. The standard InChI is InChI=1S/C23H26N4O3/c1-30-21-15-19(4-5-20(21)28)23(22(24)29,10-6-18-3-2-11-26-16-18)27-14-9-17-7-12-25-13-8-17/h2-5,7-8,11-13,15-16,27-28H,6,9-10,14H2,1H3,(H2,24,29). The van der Waals surface area contributed by atoms with E-state index in [1.165, 1.54) is 13.2 Å². The van der Waals surface area contributed by atoms with Crippen LogP contribution in [0.1, 0.15) is 23.1 Å². The van der Waals surface area contributed by atoms with Crippen LogP contribution >= 0.6 is 0 Å². The highest BCUT2D eigenvalue weighted by molar-refractivity contribution is 5.86. The minimum absolute atomic E-state index is 0.00339. The summed E-state index contributed by atoms with van der Waals surface area (Å²) in [5.74, 6) is -0.201. The molecule has 1 atom stereocenters. The quantitative estimate of drug-likeness (QED) is 0.477. The summed E-state index contributed by atoms with van der Waals surface area (Å²) in [5.41, 5.74) is 7.56. The van der Waals surface area contributed by atoms with Gasteiger partial charge in [-0.1, -0.05) is 12.1 Å². The summed E-state index contributed by atoms with van der Waals surface area (Å²) < 4.78 is 5.25. The third-order valence-electron chi connectivity index (χ3n) is 5.19. The zero-order valence-electron chi connectivity index (χ0n) is 16.9. The Hall–Kier alpha value is -3.45. The number of aromatic nitrogens is 2. The SMILES string of the molecule is COc1cc(C(CCc2cccnc2)(NCCc2ccncc2)C(N)=O)ccc1O. The van der Waals surface area contributed by atoms with Crippen molar-refractivity contribution in [3.63, 3.8) is 0 Å². The fourth-order valence-electron chi connectivity index (χ4n) is 3.48. The number of primary amides is 1. The number of nitrogens with zero attached hydrogens (tertiary/aromatic N) is 2. The lowest BCUT2D eigenvalue weighted by Gasteiger charge is -2.33. The molecule has 3 aromatic rings. The van der Waals surface area contributed by atoms with Gasteiger partial charge in [-0.3, -0.25) is 20.1 Å². The van der Waals surface area contributed by atoms with E-state index in [2.05, 4.69) is 15.3 Å². The molecule has 4 N–H and O–H groups in total. The summed E-state index contributed by atoms with van der Waals surface area (Å²) in [6, 6.07) is 12.6. The number of phenolic OH excluding ortho intramolecular Hbond substituents is 1. The molecule has 0 aliphatic rings. The average Bonchev–Trinajstić information content (AvgIpc) is 2.78. The third-order valence-corrected chi connectivity index (χ3v) is 5.19. The Labute approximate surface area is 175 Å². The van der Waals surface area contributed by atoms with Gasteiger partial charge in [0.1, 0.15) is 5.54 Å². The second-order valence-corrected chi connectivity index (χ2v) is 7.05. The predicted molar refractivity (Wildman–Crippen MR) is 114 cm³/mol. The van der Waals surface area contributed by atoms with Crippen LogP contribution in [-0.2, 0) is 23.2 Å². The number of hydrogen-bond acceptors (Lipinski definition) is 6. The maximum atomic E-state index is 12.8. The number of carbonyl (C=O) groups excluding carboxylic acids is 1. The van der Waals surface area contributed by atoms with Crippen molar-refractivity contribution in [3.8, 4) is 11.5 Å². The number of benzene rings is 1. The molecule has 0 aliphatic carbocycles. The Balaban J connectivity index is 1.90. The van der Waals surface area contributed by atoms with E-state index in [1.807, 2.05) is 24.3 Å². The van der Waals surface area contributed by atoms with Gasteiger partial charge in [-0.15, -0.1) is 0 Å². The van der Waals surface area contributed by atoms with Crippen LogP contribution in [0.2, 0.25) is 0 Å². The van der Waals surface area contributed by atoms with E-state index in [0.717, 1.165) is 11.1 Å². The number of ether oxygens (including phenoxy) is 1. The molecule has 156 valence electrons. The molecule has 30 heavy (non-hydrogen) atoms. The molecule has 1 aromatic carbocycles. The van der Waals surface area contributed by atoms with Crippen LogP contribution in [-0.4, -0.2) is 34.6 Å². The number of rotatable bonds is 10. The minimum atomic E-state index is -1.14. The van der Waals surface area contributed by atoms with Gasteiger partial charge in [-0.25, -0.2) is 0 Å². The van der Waals surface area contributed by atoms with Crippen molar-refractivity contribution in [2.45, 2.75) is 24.8 Å². The lowest BCUT2D eigenvalue weighted by Crippen LogP contribution is -2.53. The number of aryl methyl sites for hydroxylation is 1.